The highest BCUT2D eigenvalue weighted by Gasteiger charge is 2.29. The Kier molecular flexibility index (Phi) is 6.92. The normalized spacial score (nSPS) is 13.9. The van der Waals surface area contributed by atoms with Crippen LogP contribution in [0, 0.1) is 6.92 Å². The van der Waals surface area contributed by atoms with Gasteiger partial charge in [-0.3, -0.25) is 19.5 Å². The van der Waals surface area contributed by atoms with Gasteiger partial charge in [0.15, 0.2) is 0 Å². The number of rotatable bonds is 7. The second-order valence-electron chi connectivity index (χ2n) is 8.56. The summed E-state index contributed by atoms with van der Waals surface area (Å²) in [5.74, 6) is -0.291. The fourth-order valence-electron chi connectivity index (χ4n) is 3.99. The number of anilines is 2. The van der Waals surface area contributed by atoms with Gasteiger partial charge < -0.3 is 11.1 Å². The van der Waals surface area contributed by atoms with Crippen molar-refractivity contribution in [2.75, 3.05) is 4.90 Å². The van der Waals surface area contributed by atoms with Crippen LogP contribution in [-0.2, 0) is 11.2 Å². The van der Waals surface area contributed by atoms with Crippen LogP contribution < -0.4 is 16.0 Å². The van der Waals surface area contributed by atoms with E-state index in [-0.39, 0.29) is 17.9 Å². The molecule has 0 aliphatic carbocycles. The lowest BCUT2D eigenvalue weighted by molar-refractivity contribution is -0.116. The lowest BCUT2D eigenvalue weighted by atomic mass is 9.99. The van der Waals surface area contributed by atoms with Crippen LogP contribution in [0.2, 0.25) is 0 Å². The maximum Gasteiger partial charge on any atom is 0.251 e. The van der Waals surface area contributed by atoms with E-state index < -0.39 is 0 Å². The summed E-state index contributed by atoms with van der Waals surface area (Å²) in [6.07, 6.45) is 4.66. The van der Waals surface area contributed by atoms with E-state index >= 15 is 0 Å². The van der Waals surface area contributed by atoms with E-state index in [0.29, 0.717) is 23.2 Å². The molecule has 1 unspecified atom stereocenters. The van der Waals surface area contributed by atoms with Crippen molar-refractivity contribution in [3.8, 4) is 11.1 Å². The van der Waals surface area contributed by atoms with Crippen LogP contribution in [0.1, 0.15) is 28.4 Å². The van der Waals surface area contributed by atoms with Gasteiger partial charge in [0.25, 0.3) is 5.91 Å². The molecular weight excluding hydrogens is 436 g/mol. The van der Waals surface area contributed by atoms with Crippen LogP contribution >= 0.6 is 0 Å². The summed E-state index contributed by atoms with van der Waals surface area (Å²) in [4.78, 5) is 32.0. The van der Waals surface area contributed by atoms with E-state index in [4.69, 9.17) is 5.73 Å². The summed E-state index contributed by atoms with van der Waals surface area (Å²) in [6.45, 7) is 7.83. The Morgan fingerprint density at radius 1 is 1.11 bits per heavy atom. The summed E-state index contributed by atoms with van der Waals surface area (Å²) in [6, 6.07) is 21.0. The average Bonchev–Trinajstić information content (AvgIpc) is 3.19. The molecule has 35 heavy (non-hydrogen) atoms. The fourth-order valence-corrected chi connectivity index (χ4v) is 3.99. The van der Waals surface area contributed by atoms with Crippen molar-refractivity contribution in [1.82, 2.24) is 5.32 Å². The minimum atomic E-state index is -0.349. The molecule has 176 valence electrons. The van der Waals surface area contributed by atoms with Crippen LogP contribution in [0.25, 0.3) is 11.1 Å². The molecule has 0 spiro atoms. The zero-order chi connectivity index (χ0) is 24.9. The molecule has 0 fully saturated rings. The molecule has 1 aliphatic heterocycles. The monoisotopic (exact) mass is 464 g/mol. The molecule has 6 heteroatoms. The largest absolute Gasteiger partial charge is 0.403 e. The van der Waals surface area contributed by atoms with E-state index in [9.17, 15) is 9.59 Å². The molecule has 3 aromatic rings. The SMILES string of the molecule is C=C(/C=N\C=C/N)C(C)NC(=O)c1cc(-c2ccc(C)cc2)cc(N2C(=O)Cc3ccccc32)c1. The lowest BCUT2D eigenvalue weighted by Crippen LogP contribution is -2.34. The van der Waals surface area contributed by atoms with Crippen molar-refractivity contribution < 1.29 is 9.59 Å². The second kappa shape index (κ2) is 10.2. The molecule has 1 heterocycles. The summed E-state index contributed by atoms with van der Waals surface area (Å²) < 4.78 is 0. The van der Waals surface area contributed by atoms with E-state index in [2.05, 4.69) is 16.9 Å². The highest BCUT2D eigenvalue weighted by Crippen LogP contribution is 2.37. The molecule has 3 aromatic carbocycles. The zero-order valence-corrected chi connectivity index (χ0v) is 19.9. The Labute approximate surface area is 205 Å². The number of aryl methyl sites for hydroxylation is 1. The molecule has 0 aromatic heterocycles. The van der Waals surface area contributed by atoms with Crippen LogP contribution in [0.15, 0.2) is 96.3 Å². The molecular formula is C29H28N4O2. The quantitative estimate of drug-likeness (QED) is 0.479. The number of carbonyl (C=O) groups excluding carboxylic acids is 2. The van der Waals surface area contributed by atoms with Gasteiger partial charge in [-0.15, -0.1) is 0 Å². The Bertz CT molecular complexity index is 1340. The van der Waals surface area contributed by atoms with Crippen molar-refractivity contribution in [2.24, 2.45) is 10.7 Å². The average molecular weight is 465 g/mol. The molecule has 0 radical (unpaired) electrons. The van der Waals surface area contributed by atoms with Gasteiger partial charge in [0, 0.05) is 24.2 Å². The predicted octanol–water partition coefficient (Wildman–Crippen LogP) is 5.06. The van der Waals surface area contributed by atoms with E-state index in [1.807, 2.05) is 74.5 Å². The molecule has 2 amide bonds. The van der Waals surface area contributed by atoms with E-state index in [1.54, 1.807) is 17.2 Å². The van der Waals surface area contributed by atoms with E-state index in [0.717, 1.165) is 27.9 Å². The molecule has 1 aliphatic rings. The fraction of sp³-hybridized carbons (Fsp3) is 0.138. The first-order valence-electron chi connectivity index (χ1n) is 11.4. The number of nitrogens with two attached hydrogens (primary N) is 1. The number of nitrogens with zero attached hydrogens (tertiary/aromatic N) is 2. The van der Waals surface area contributed by atoms with Gasteiger partial charge in [-0.1, -0.05) is 54.6 Å². The maximum absolute atomic E-state index is 13.3. The molecule has 1 atom stereocenters. The van der Waals surface area contributed by atoms with Crippen molar-refractivity contribution in [3.63, 3.8) is 0 Å². The Hall–Kier alpha value is -4.45. The number of benzene rings is 3. The molecule has 3 N–H and O–H groups in total. The molecule has 0 saturated heterocycles. The summed E-state index contributed by atoms with van der Waals surface area (Å²) in [7, 11) is 0. The van der Waals surface area contributed by atoms with Crippen molar-refractivity contribution >= 4 is 29.4 Å². The lowest BCUT2D eigenvalue weighted by Gasteiger charge is -2.21. The minimum absolute atomic E-state index is 0.0236. The van der Waals surface area contributed by atoms with Gasteiger partial charge in [0.2, 0.25) is 5.91 Å². The highest BCUT2D eigenvalue weighted by molar-refractivity contribution is 6.09. The van der Waals surface area contributed by atoms with Crippen molar-refractivity contribution in [3.05, 3.63) is 108 Å². The third-order valence-electron chi connectivity index (χ3n) is 5.96. The van der Waals surface area contributed by atoms with Gasteiger partial charge in [0.1, 0.15) is 0 Å². The van der Waals surface area contributed by atoms with Gasteiger partial charge in [-0.25, -0.2) is 0 Å². The number of fused-ring (bicyclic) bond motifs is 1. The Morgan fingerprint density at radius 3 is 2.60 bits per heavy atom. The van der Waals surface area contributed by atoms with Crippen LogP contribution in [0.4, 0.5) is 11.4 Å². The summed E-state index contributed by atoms with van der Waals surface area (Å²) >= 11 is 0. The second-order valence-corrected chi connectivity index (χ2v) is 8.56. The van der Waals surface area contributed by atoms with Gasteiger partial charge in [-0.2, -0.15) is 0 Å². The number of hydrogen-bond donors (Lipinski definition) is 2. The van der Waals surface area contributed by atoms with Crippen LogP contribution in [0.5, 0.6) is 0 Å². The van der Waals surface area contributed by atoms with Crippen LogP contribution in [0.3, 0.4) is 0 Å². The smallest absolute Gasteiger partial charge is 0.251 e. The first-order chi connectivity index (χ1) is 16.9. The molecule has 4 rings (SSSR count). The number of amides is 2. The van der Waals surface area contributed by atoms with Gasteiger partial charge >= 0.3 is 0 Å². The first kappa shape index (κ1) is 23.7. The molecule has 6 nitrogen and oxygen atoms in total. The Balaban J connectivity index is 1.72. The minimum Gasteiger partial charge on any atom is -0.403 e. The van der Waals surface area contributed by atoms with Crippen molar-refractivity contribution in [2.45, 2.75) is 26.3 Å². The zero-order valence-electron chi connectivity index (χ0n) is 19.9. The maximum atomic E-state index is 13.3. The Morgan fingerprint density at radius 2 is 1.86 bits per heavy atom. The summed E-state index contributed by atoms with van der Waals surface area (Å²) in [5.41, 5.74) is 11.8. The van der Waals surface area contributed by atoms with E-state index in [1.165, 1.54) is 12.4 Å². The molecule has 0 bridgehead atoms. The van der Waals surface area contributed by atoms with Crippen molar-refractivity contribution in [1.29, 1.82) is 0 Å². The van der Waals surface area contributed by atoms with Gasteiger partial charge in [0.05, 0.1) is 23.8 Å². The summed E-state index contributed by atoms with van der Waals surface area (Å²) in [5, 5.41) is 2.97. The highest BCUT2D eigenvalue weighted by atomic mass is 16.2. The molecule has 0 saturated carbocycles. The number of hydrogen-bond acceptors (Lipinski definition) is 4. The number of nitrogens with one attached hydrogen (secondary N) is 1. The van der Waals surface area contributed by atoms with Gasteiger partial charge in [-0.05, 0) is 60.4 Å². The third kappa shape index (κ3) is 5.22. The number of aliphatic imine (C=N–C) groups is 1. The number of carbonyl (C=O) groups is 2. The topological polar surface area (TPSA) is 87.8 Å². The standard InChI is InChI=1S/C29H28N4O2/c1-19-8-10-22(11-9-19)24-14-25(29(35)32-21(3)20(2)18-31-13-12-30)16-26(15-24)33-27-7-5-4-6-23(27)17-28(33)34/h4-16,18,21H,2,17,30H2,1,3H3,(H,32,35)/b13-12-,31-18-. The third-order valence-corrected chi connectivity index (χ3v) is 5.96. The van der Waals surface area contributed by atoms with Crippen LogP contribution in [-0.4, -0.2) is 24.1 Å². The first-order valence-corrected chi connectivity index (χ1v) is 11.4. The number of para-hydroxylation sites is 1. The predicted molar refractivity (Wildman–Crippen MR) is 142 cm³/mol.